The molecule has 2 N–H and O–H groups in total. The molecule has 3 aromatic rings. The number of H-pyrrole nitrogens is 1. The number of aromatic nitrogens is 2. The number of nitrogens with zero attached hydrogens (tertiary/aromatic N) is 2. The van der Waals surface area contributed by atoms with Crippen LogP contribution in [0.4, 0.5) is 23.4 Å². The van der Waals surface area contributed by atoms with Gasteiger partial charge in [-0.1, -0.05) is 6.07 Å². The van der Waals surface area contributed by atoms with Crippen molar-refractivity contribution in [3.8, 4) is 17.0 Å². The number of hydrogen-bond donors (Lipinski definition) is 2. The number of alkyl halides is 3. The Labute approximate surface area is 174 Å². The van der Waals surface area contributed by atoms with Crippen LogP contribution in [0, 0.1) is 5.82 Å². The van der Waals surface area contributed by atoms with E-state index in [4.69, 9.17) is 0 Å². The maximum absolute atomic E-state index is 13.1. The van der Waals surface area contributed by atoms with Crippen LogP contribution in [0.1, 0.15) is 16.8 Å². The third kappa shape index (κ3) is 5.14. The van der Waals surface area contributed by atoms with Gasteiger partial charge in [-0.3, -0.25) is 9.89 Å². The fourth-order valence-corrected chi connectivity index (χ4v) is 3.44. The van der Waals surface area contributed by atoms with Gasteiger partial charge in [0.1, 0.15) is 11.6 Å². The summed E-state index contributed by atoms with van der Waals surface area (Å²) in [5, 5.41) is 10.0. The van der Waals surface area contributed by atoms with E-state index in [0.717, 1.165) is 23.4 Å². The predicted molar refractivity (Wildman–Crippen MR) is 105 cm³/mol. The smallest absolute Gasteiger partial charge is 0.406 e. The van der Waals surface area contributed by atoms with Crippen molar-refractivity contribution in [3.63, 3.8) is 0 Å². The Balaban J connectivity index is 1.37. The summed E-state index contributed by atoms with van der Waals surface area (Å²) < 4.78 is 54.1. The van der Waals surface area contributed by atoms with Crippen molar-refractivity contribution in [2.75, 3.05) is 18.0 Å². The third-order valence-corrected chi connectivity index (χ3v) is 4.90. The highest BCUT2D eigenvalue weighted by atomic mass is 19.4. The van der Waals surface area contributed by atoms with E-state index in [1.54, 1.807) is 12.1 Å². The first-order valence-electron chi connectivity index (χ1n) is 9.50. The number of carbonyl (C=O) groups is 1. The minimum absolute atomic E-state index is 0.0820. The van der Waals surface area contributed by atoms with Crippen LogP contribution in [0.3, 0.4) is 0 Å². The van der Waals surface area contributed by atoms with E-state index in [1.807, 2.05) is 11.0 Å². The Morgan fingerprint density at radius 1 is 1.16 bits per heavy atom. The Morgan fingerprint density at radius 3 is 2.68 bits per heavy atom. The zero-order valence-corrected chi connectivity index (χ0v) is 16.1. The lowest BCUT2D eigenvalue weighted by Gasteiger charge is -2.16. The van der Waals surface area contributed by atoms with Gasteiger partial charge in [0.2, 0.25) is 0 Å². The number of ether oxygens (including phenoxy) is 1. The van der Waals surface area contributed by atoms with Crippen molar-refractivity contribution in [2.45, 2.75) is 18.8 Å². The molecule has 1 amide bonds. The van der Waals surface area contributed by atoms with Crippen molar-refractivity contribution in [1.29, 1.82) is 0 Å². The quantitative estimate of drug-likeness (QED) is 0.593. The number of hydrogen-bond acceptors (Lipinski definition) is 4. The van der Waals surface area contributed by atoms with Gasteiger partial charge in [0.05, 0.1) is 5.69 Å². The van der Waals surface area contributed by atoms with Crippen LogP contribution in [-0.2, 0) is 0 Å². The highest BCUT2D eigenvalue weighted by molar-refractivity contribution is 5.94. The number of benzene rings is 2. The normalized spacial score (nSPS) is 16.4. The first-order valence-corrected chi connectivity index (χ1v) is 9.50. The number of nitrogens with one attached hydrogen (secondary N) is 2. The molecule has 1 aliphatic rings. The van der Waals surface area contributed by atoms with Crippen LogP contribution in [0.2, 0.25) is 0 Å². The maximum atomic E-state index is 13.1. The van der Waals surface area contributed by atoms with Crippen LogP contribution in [0.5, 0.6) is 5.75 Å². The van der Waals surface area contributed by atoms with Gasteiger partial charge in [0.15, 0.2) is 5.82 Å². The number of rotatable bonds is 5. The number of aromatic amines is 1. The van der Waals surface area contributed by atoms with Crippen molar-refractivity contribution >= 4 is 11.7 Å². The van der Waals surface area contributed by atoms with Gasteiger partial charge >= 0.3 is 6.36 Å². The summed E-state index contributed by atoms with van der Waals surface area (Å²) in [4.78, 5) is 14.4. The molecule has 1 fully saturated rings. The molecule has 0 bridgehead atoms. The van der Waals surface area contributed by atoms with E-state index in [1.165, 1.54) is 24.3 Å². The standard InChI is InChI=1S/C21H18F4N4O2/c22-15-6-4-13(5-7-15)18-11-19(28-27-18)29-9-8-16(12-29)26-20(30)14-2-1-3-17(10-14)31-21(23,24)25/h1-7,10-11,16H,8-9,12H2,(H,26,30)(H,27,28)/t16-/m0/s1. The SMILES string of the molecule is O=C(N[C@H]1CCN(c2cc(-c3ccc(F)cc3)[nH]n2)C1)c1cccc(OC(F)(F)F)c1. The van der Waals surface area contributed by atoms with Crippen molar-refractivity contribution in [3.05, 3.63) is 66.0 Å². The summed E-state index contributed by atoms with van der Waals surface area (Å²) in [5.41, 5.74) is 1.62. The number of amides is 1. The molecule has 1 atom stereocenters. The monoisotopic (exact) mass is 434 g/mol. The fourth-order valence-electron chi connectivity index (χ4n) is 3.44. The molecule has 4 rings (SSSR count). The van der Waals surface area contributed by atoms with Crippen LogP contribution >= 0.6 is 0 Å². The molecule has 10 heteroatoms. The second-order valence-electron chi connectivity index (χ2n) is 7.13. The second-order valence-corrected chi connectivity index (χ2v) is 7.13. The summed E-state index contributed by atoms with van der Waals surface area (Å²) in [5.74, 6) is -0.555. The molecule has 31 heavy (non-hydrogen) atoms. The van der Waals surface area contributed by atoms with Gasteiger partial charge in [0, 0.05) is 30.8 Å². The van der Waals surface area contributed by atoms with Crippen LogP contribution in [0.15, 0.2) is 54.6 Å². The number of anilines is 1. The molecule has 1 aliphatic heterocycles. The Hall–Kier alpha value is -3.56. The number of carbonyl (C=O) groups excluding carboxylic acids is 1. The molecule has 6 nitrogen and oxygen atoms in total. The van der Waals surface area contributed by atoms with Crippen LogP contribution in [0.25, 0.3) is 11.3 Å². The van der Waals surface area contributed by atoms with Gasteiger partial charge in [-0.15, -0.1) is 13.2 Å². The van der Waals surface area contributed by atoms with Crippen LogP contribution < -0.4 is 15.0 Å². The van der Waals surface area contributed by atoms with Crippen molar-refractivity contribution in [2.24, 2.45) is 0 Å². The lowest BCUT2D eigenvalue weighted by Crippen LogP contribution is -2.37. The Kier molecular flexibility index (Phi) is 5.53. The molecule has 0 radical (unpaired) electrons. The average molecular weight is 434 g/mol. The topological polar surface area (TPSA) is 70.2 Å². The largest absolute Gasteiger partial charge is 0.573 e. The molecule has 0 unspecified atom stereocenters. The van der Waals surface area contributed by atoms with E-state index < -0.39 is 18.0 Å². The highest BCUT2D eigenvalue weighted by Crippen LogP contribution is 2.26. The number of halogens is 4. The third-order valence-electron chi connectivity index (χ3n) is 4.90. The zero-order chi connectivity index (χ0) is 22.0. The summed E-state index contributed by atoms with van der Waals surface area (Å²) in [6, 6.07) is 12.6. The minimum Gasteiger partial charge on any atom is -0.406 e. The summed E-state index contributed by atoms with van der Waals surface area (Å²) in [6.07, 6.45) is -4.17. The molecule has 2 aromatic carbocycles. The van der Waals surface area contributed by atoms with Crippen molar-refractivity contribution < 1.29 is 27.1 Å². The molecule has 1 aromatic heterocycles. The lowest BCUT2D eigenvalue weighted by molar-refractivity contribution is -0.274. The zero-order valence-electron chi connectivity index (χ0n) is 16.1. The van der Waals surface area contributed by atoms with Crippen molar-refractivity contribution in [1.82, 2.24) is 15.5 Å². The molecular formula is C21H18F4N4O2. The summed E-state index contributed by atoms with van der Waals surface area (Å²) >= 11 is 0. The first-order chi connectivity index (χ1) is 14.8. The first kappa shape index (κ1) is 20.7. The second kappa shape index (κ2) is 8.29. The van der Waals surface area contributed by atoms with E-state index in [2.05, 4.69) is 20.3 Å². The molecule has 0 saturated carbocycles. The summed E-state index contributed by atoms with van der Waals surface area (Å²) in [7, 11) is 0. The van der Waals surface area contributed by atoms with E-state index in [0.29, 0.717) is 25.3 Å². The highest BCUT2D eigenvalue weighted by Gasteiger charge is 2.31. The van der Waals surface area contributed by atoms with E-state index in [9.17, 15) is 22.4 Å². The Bertz CT molecular complexity index is 1070. The lowest BCUT2D eigenvalue weighted by atomic mass is 10.1. The molecule has 1 saturated heterocycles. The molecule has 0 spiro atoms. The van der Waals surface area contributed by atoms with Gasteiger partial charge in [-0.2, -0.15) is 5.10 Å². The predicted octanol–water partition coefficient (Wildman–Crippen LogP) is 4.12. The van der Waals surface area contributed by atoms with Crippen LogP contribution in [-0.4, -0.2) is 41.6 Å². The van der Waals surface area contributed by atoms with Gasteiger partial charge in [0.25, 0.3) is 5.91 Å². The summed E-state index contributed by atoms with van der Waals surface area (Å²) in [6.45, 7) is 1.15. The molecule has 2 heterocycles. The van der Waals surface area contributed by atoms with Gasteiger partial charge in [-0.05, 0) is 54.4 Å². The van der Waals surface area contributed by atoms with E-state index in [-0.39, 0.29) is 17.4 Å². The maximum Gasteiger partial charge on any atom is 0.573 e. The molecular weight excluding hydrogens is 416 g/mol. The van der Waals surface area contributed by atoms with E-state index >= 15 is 0 Å². The average Bonchev–Trinajstić information content (AvgIpc) is 3.37. The van der Waals surface area contributed by atoms with Gasteiger partial charge in [-0.25, -0.2) is 4.39 Å². The molecule has 0 aliphatic carbocycles. The Morgan fingerprint density at radius 2 is 1.94 bits per heavy atom. The minimum atomic E-state index is -4.82. The van der Waals surface area contributed by atoms with Gasteiger partial charge < -0.3 is 15.0 Å². The fraction of sp³-hybridized carbons (Fsp3) is 0.238. The molecule has 162 valence electrons.